The van der Waals surface area contributed by atoms with Crippen LogP contribution < -0.4 is 5.73 Å². The zero-order valence-corrected chi connectivity index (χ0v) is 6.89. The normalized spacial score (nSPS) is 26.2. The van der Waals surface area contributed by atoms with Crippen molar-refractivity contribution in [2.45, 2.75) is 37.6 Å². The van der Waals surface area contributed by atoms with Crippen molar-refractivity contribution in [1.29, 1.82) is 0 Å². The molecule has 3 heteroatoms. The highest BCUT2D eigenvalue weighted by Crippen LogP contribution is 2.36. The molecule has 1 nitrogen and oxygen atoms in total. The fourth-order valence-electron chi connectivity index (χ4n) is 1.56. The highest BCUT2D eigenvalue weighted by atomic mass is 19.3. The van der Waals surface area contributed by atoms with Crippen molar-refractivity contribution in [3.8, 4) is 12.3 Å². The first kappa shape index (κ1) is 9.47. The summed E-state index contributed by atoms with van der Waals surface area (Å²) in [5, 5.41) is 0. The summed E-state index contributed by atoms with van der Waals surface area (Å²) < 4.78 is 25.3. The van der Waals surface area contributed by atoms with Crippen LogP contribution in [0.3, 0.4) is 0 Å². The number of halogens is 2. The van der Waals surface area contributed by atoms with Crippen LogP contribution >= 0.6 is 0 Å². The van der Waals surface area contributed by atoms with Crippen LogP contribution in [0.4, 0.5) is 8.78 Å². The second kappa shape index (κ2) is 3.40. The minimum atomic E-state index is -2.48. The van der Waals surface area contributed by atoms with Crippen molar-refractivity contribution in [3.05, 3.63) is 0 Å². The standard InChI is InChI=1S/C9H13F2N/c1-2-8(12)7-3-5-9(10,11)6-4-7/h1,7-8H,3-6,12H2. The molecule has 0 bridgehead atoms. The Labute approximate surface area is 71.3 Å². The van der Waals surface area contributed by atoms with Crippen molar-refractivity contribution in [2.75, 3.05) is 0 Å². The second-order valence-corrected chi connectivity index (χ2v) is 3.39. The number of nitrogens with two attached hydrogens (primary N) is 1. The Bertz CT molecular complexity index is 185. The molecule has 0 amide bonds. The van der Waals surface area contributed by atoms with Gasteiger partial charge in [-0.15, -0.1) is 6.42 Å². The first-order chi connectivity index (χ1) is 5.55. The van der Waals surface area contributed by atoms with Crippen molar-refractivity contribution in [1.82, 2.24) is 0 Å². The van der Waals surface area contributed by atoms with Gasteiger partial charge in [0.2, 0.25) is 5.92 Å². The Morgan fingerprint density at radius 3 is 2.33 bits per heavy atom. The molecule has 1 unspecified atom stereocenters. The summed E-state index contributed by atoms with van der Waals surface area (Å²) in [4.78, 5) is 0. The van der Waals surface area contributed by atoms with E-state index in [0.717, 1.165) is 0 Å². The lowest BCUT2D eigenvalue weighted by atomic mass is 9.83. The molecule has 1 saturated carbocycles. The maximum Gasteiger partial charge on any atom is 0.248 e. The molecule has 1 rings (SSSR count). The van der Waals surface area contributed by atoms with Crippen LogP contribution in [0.15, 0.2) is 0 Å². The Morgan fingerprint density at radius 1 is 1.42 bits per heavy atom. The molecule has 0 aliphatic heterocycles. The Kier molecular flexibility index (Phi) is 2.69. The van der Waals surface area contributed by atoms with E-state index in [1.165, 1.54) is 0 Å². The van der Waals surface area contributed by atoms with E-state index in [4.69, 9.17) is 12.2 Å². The third-order valence-electron chi connectivity index (χ3n) is 2.46. The summed E-state index contributed by atoms with van der Waals surface area (Å²) in [5.74, 6) is 0.00578. The zero-order valence-electron chi connectivity index (χ0n) is 6.89. The molecule has 2 N–H and O–H groups in total. The minimum Gasteiger partial charge on any atom is -0.317 e. The number of alkyl halides is 2. The van der Waals surface area contributed by atoms with Gasteiger partial charge in [-0.3, -0.25) is 0 Å². The molecular formula is C9H13F2N. The first-order valence-electron chi connectivity index (χ1n) is 4.15. The SMILES string of the molecule is C#CC(N)C1CCC(F)(F)CC1. The summed E-state index contributed by atoms with van der Waals surface area (Å²) in [6, 6.07) is -0.346. The van der Waals surface area contributed by atoms with E-state index in [1.54, 1.807) is 0 Å². The lowest BCUT2D eigenvalue weighted by Crippen LogP contribution is -2.35. The average Bonchev–Trinajstić information content (AvgIpc) is 2.03. The van der Waals surface area contributed by atoms with Crippen LogP contribution in [0.25, 0.3) is 0 Å². The van der Waals surface area contributed by atoms with Gasteiger partial charge in [0.1, 0.15) is 0 Å². The van der Waals surface area contributed by atoms with Gasteiger partial charge in [0.15, 0.2) is 0 Å². The van der Waals surface area contributed by atoms with Crippen molar-refractivity contribution >= 4 is 0 Å². The van der Waals surface area contributed by atoms with E-state index in [0.29, 0.717) is 12.8 Å². The lowest BCUT2D eigenvalue weighted by molar-refractivity contribution is -0.0465. The van der Waals surface area contributed by atoms with Gasteiger partial charge in [0, 0.05) is 12.8 Å². The second-order valence-electron chi connectivity index (χ2n) is 3.39. The smallest absolute Gasteiger partial charge is 0.248 e. The van der Waals surface area contributed by atoms with Gasteiger partial charge in [-0.05, 0) is 18.8 Å². The van der Waals surface area contributed by atoms with Crippen molar-refractivity contribution < 1.29 is 8.78 Å². The van der Waals surface area contributed by atoms with Crippen LogP contribution in [0.1, 0.15) is 25.7 Å². The van der Waals surface area contributed by atoms with Crippen LogP contribution in [0.5, 0.6) is 0 Å². The van der Waals surface area contributed by atoms with Crippen LogP contribution in [0, 0.1) is 18.3 Å². The summed E-state index contributed by atoms with van der Waals surface area (Å²) in [6.45, 7) is 0. The molecule has 0 radical (unpaired) electrons. The van der Waals surface area contributed by atoms with E-state index in [9.17, 15) is 8.78 Å². The van der Waals surface area contributed by atoms with Crippen molar-refractivity contribution in [2.24, 2.45) is 11.7 Å². The molecule has 1 aliphatic carbocycles. The average molecular weight is 173 g/mol. The maximum absolute atomic E-state index is 12.7. The number of hydrogen-bond acceptors (Lipinski definition) is 1. The summed E-state index contributed by atoms with van der Waals surface area (Å²) in [6.07, 6.45) is 5.90. The van der Waals surface area contributed by atoms with Crippen LogP contribution in [-0.4, -0.2) is 12.0 Å². The molecule has 1 aliphatic rings. The van der Waals surface area contributed by atoms with Gasteiger partial charge in [-0.25, -0.2) is 8.78 Å². The predicted octanol–water partition coefficient (Wildman–Crippen LogP) is 1.77. The molecule has 1 atom stereocenters. The Balaban J connectivity index is 2.42. The first-order valence-corrected chi connectivity index (χ1v) is 4.15. The molecule has 0 aromatic rings. The minimum absolute atomic E-state index is 0.0625. The molecule has 68 valence electrons. The lowest BCUT2D eigenvalue weighted by Gasteiger charge is -2.29. The van der Waals surface area contributed by atoms with Gasteiger partial charge in [0.05, 0.1) is 6.04 Å². The summed E-state index contributed by atoms with van der Waals surface area (Å²) in [7, 11) is 0. The quantitative estimate of drug-likeness (QED) is 0.601. The van der Waals surface area contributed by atoms with Gasteiger partial charge in [0.25, 0.3) is 0 Å². The maximum atomic E-state index is 12.7. The molecule has 0 aromatic heterocycles. The largest absolute Gasteiger partial charge is 0.317 e. The fraction of sp³-hybridized carbons (Fsp3) is 0.778. The third-order valence-corrected chi connectivity index (χ3v) is 2.46. The topological polar surface area (TPSA) is 26.0 Å². The number of hydrogen-bond donors (Lipinski definition) is 1. The third kappa shape index (κ3) is 2.18. The van der Waals surface area contributed by atoms with E-state index >= 15 is 0 Å². The molecule has 0 spiro atoms. The molecule has 0 aromatic carbocycles. The van der Waals surface area contributed by atoms with Crippen LogP contribution in [0.2, 0.25) is 0 Å². The van der Waals surface area contributed by atoms with Crippen LogP contribution in [-0.2, 0) is 0 Å². The van der Waals surface area contributed by atoms with Gasteiger partial charge < -0.3 is 5.73 Å². The summed E-state index contributed by atoms with van der Waals surface area (Å²) in [5.41, 5.74) is 5.56. The molecule has 0 saturated heterocycles. The van der Waals surface area contributed by atoms with Crippen molar-refractivity contribution in [3.63, 3.8) is 0 Å². The number of terminal acetylenes is 1. The van der Waals surface area contributed by atoms with Gasteiger partial charge >= 0.3 is 0 Å². The zero-order chi connectivity index (χ0) is 9.19. The number of rotatable bonds is 1. The highest BCUT2D eigenvalue weighted by molar-refractivity contribution is 5.01. The Hall–Kier alpha value is -0.620. The predicted molar refractivity (Wildman–Crippen MR) is 43.7 cm³/mol. The molecular weight excluding hydrogens is 160 g/mol. The molecule has 0 heterocycles. The van der Waals surface area contributed by atoms with Gasteiger partial charge in [-0.2, -0.15) is 0 Å². The van der Waals surface area contributed by atoms with E-state index in [1.807, 2.05) is 0 Å². The fourth-order valence-corrected chi connectivity index (χ4v) is 1.56. The monoisotopic (exact) mass is 173 g/mol. The molecule has 1 fully saturated rings. The Morgan fingerprint density at radius 2 is 1.92 bits per heavy atom. The highest BCUT2D eigenvalue weighted by Gasteiger charge is 2.36. The van der Waals surface area contributed by atoms with Gasteiger partial charge in [-0.1, -0.05) is 5.92 Å². The molecule has 12 heavy (non-hydrogen) atoms. The summed E-state index contributed by atoms with van der Waals surface area (Å²) >= 11 is 0. The van der Waals surface area contributed by atoms with E-state index in [2.05, 4.69) is 5.92 Å². The van der Waals surface area contributed by atoms with E-state index in [-0.39, 0.29) is 24.8 Å². The van der Waals surface area contributed by atoms with E-state index < -0.39 is 5.92 Å².